The van der Waals surface area contributed by atoms with E-state index in [1.807, 2.05) is 0 Å². The van der Waals surface area contributed by atoms with E-state index in [2.05, 4.69) is 0 Å². The summed E-state index contributed by atoms with van der Waals surface area (Å²) in [7, 11) is -0.342. The second-order valence-electron chi connectivity index (χ2n) is 2.39. The Hall–Kier alpha value is 0.170. The molecule has 0 amide bonds. The molecule has 1 aliphatic rings. The van der Waals surface area contributed by atoms with E-state index in [0.717, 1.165) is 11.8 Å². The molecule has 1 heterocycles. The molecule has 1 atom stereocenters. The van der Waals surface area contributed by atoms with E-state index in [9.17, 15) is 9.36 Å². The van der Waals surface area contributed by atoms with Gasteiger partial charge in [-0.2, -0.15) is 0 Å². The van der Waals surface area contributed by atoms with Gasteiger partial charge in [0, 0.05) is 20.6 Å². The molecule has 0 aromatic rings. The summed E-state index contributed by atoms with van der Waals surface area (Å²) < 4.78 is 21.2. The number of rotatable bonds is 3. The van der Waals surface area contributed by atoms with Gasteiger partial charge in [-0.25, -0.2) is 0 Å². The summed E-state index contributed by atoms with van der Waals surface area (Å²) in [5, 5.41) is 0.0642. The van der Waals surface area contributed by atoms with Crippen LogP contribution >= 0.6 is 19.4 Å². The Morgan fingerprint density at radius 2 is 2.08 bits per heavy atom. The van der Waals surface area contributed by atoms with Gasteiger partial charge >= 0.3 is 7.60 Å². The standard InChI is InChI=1S/C6H11O4PS/c1-9-11(8,10-2)6-4-3-5(7)12-6/h6H,3-4H2,1-2H3. The Balaban J connectivity index is 2.68. The fraction of sp³-hybridized carbons (Fsp3) is 0.833. The molecule has 0 spiro atoms. The average molecular weight is 210 g/mol. The Labute approximate surface area is 75.5 Å². The fourth-order valence-electron chi connectivity index (χ4n) is 1.04. The van der Waals surface area contributed by atoms with E-state index in [4.69, 9.17) is 9.05 Å². The molecule has 1 fully saturated rings. The van der Waals surface area contributed by atoms with Crippen LogP contribution in [0.2, 0.25) is 0 Å². The topological polar surface area (TPSA) is 52.6 Å². The van der Waals surface area contributed by atoms with E-state index in [1.165, 1.54) is 14.2 Å². The molecule has 0 aliphatic carbocycles. The monoisotopic (exact) mass is 210 g/mol. The third kappa shape index (κ3) is 1.91. The lowest BCUT2D eigenvalue weighted by Crippen LogP contribution is -2.02. The Kier molecular flexibility index (Phi) is 3.35. The van der Waals surface area contributed by atoms with Gasteiger partial charge in [0.1, 0.15) is 4.99 Å². The molecule has 0 radical (unpaired) electrons. The van der Waals surface area contributed by atoms with Gasteiger partial charge in [-0.3, -0.25) is 9.36 Å². The van der Waals surface area contributed by atoms with Crippen molar-refractivity contribution in [2.24, 2.45) is 0 Å². The number of hydrogen-bond acceptors (Lipinski definition) is 5. The predicted octanol–water partition coefficient (Wildman–Crippen LogP) is 1.85. The van der Waals surface area contributed by atoms with E-state index in [1.54, 1.807) is 0 Å². The molecule has 4 nitrogen and oxygen atoms in total. The highest BCUT2D eigenvalue weighted by Gasteiger charge is 2.40. The highest BCUT2D eigenvalue weighted by atomic mass is 32.2. The molecule has 6 heteroatoms. The minimum absolute atomic E-state index is 0.0642. The third-order valence-electron chi connectivity index (χ3n) is 1.72. The maximum Gasteiger partial charge on any atom is 0.343 e. The summed E-state index contributed by atoms with van der Waals surface area (Å²) in [5.41, 5.74) is 0. The molecule has 1 rings (SSSR count). The van der Waals surface area contributed by atoms with Gasteiger partial charge in [0.2, 0.25) is 0 Å². The summed E-state index contributed by atoms with van der Waals surface area (Å²) in [5.74, 6) is 0. The largest absolute Gasteiger partial charge is 0.343 e. The fourth-order valence-corrected chi connectivity index (χ4v) is 4.27. The van der Waals surface area contributed by atoms with Crippen molar-refractivity contribution in [3.63, 3.8) is 0 Å². The van der Waals surface area contributed by atoms with Crippen molar-refractivity contribution >= 4 is 24.5 Å². The third-order valence-corrected chi connectivity index (χ3v) is 5.77. The maximum atomic E-state index is 11.7. The predicted molar refractivity (Wildman–Crippen MR) is 47.2 cm³/mol. The van der Waals surface area contributed by atoms with Gasteiger partial charge in [-0.1, -0.05) is 11.8 Å². The molecule has 1 saturated heterocycles. The zero-order chi connectivity index (χ0) is 9.19. The van der Waals surface area contributed by atoms with Crippen LogP contribution in [0.25, 0.3) is 0 Å². The van der Waals surface area contributed by atoms with Crippen LogP contribution in [0.3, 0.4) is 0 Å². The minimum atomic E-state index is -3.02. The lowest BCUT2D eigenvalue weighted by molar-refractivity contribution is -0.110. The van der Waals surface area contributed by atoms with Gasteiger partial charge in [0.25, 0.3) is 0 Å². The van der Waals surface area contributed by atoms with Gasteiger partial charge in [0.15, 0.2) is 5.12 Å². The van der Waals surface area contributed by atoms with E-state index in [0.29, 0.717) is 12.8 Å². The normalized spacial score (nSPS) is 24.8. The van der Waals surface area contributed by atoms with Crippen molar-refractivity contribution in [2.45, 2.75) is 17.8 Å². The van der Waals surface area contributed by atoms with Crippen LogP contribution in [-0.2, 0) is 18.4 Å². The number of carbonyl (C=O) groups excluding carboxylic acids is 1. The van der Waals surface area contributed by atoms with Gasteiger partial charge in [0.05, 0.1) is 0 Å². The SMILES string of the molecule is COP(=O)(OC)C1CCC(=O)S1. The molecule has 12 heavy (non-hydrogen) atoms. The molecule has 70 valence electrons. The number of hydrogen-bond donors (Lipinski definition) is 0. The first-order chi connectivity index (χ1) is 5.62. The second-order valence-corrected chi connectivity index (χ2v) is 6.43. The first kappa shape index (κ1) is 10.3. The van der Waals surface area contributed by atoms with Gasteiger partial charge < -0.3 is 9.05 Å². The molecule has 0 aromatic carbocycles. The summed E-state index contributed by atoms with van der Waals surface area (Å²) in [6, 6.07) is 0. The summed E-state index contributed by atoms with van der Waals surface area (Å²) in [4.78, 5) is 10.6. The zero-order valence-corrected chi connectivity index (χ0v) is 8.69. The van der Waals surface area contributed by atoms with Crippen LogP contribution in [0.5, 0.6) is 0 Å². The average Bonchev–Trinajstić information content (AvgIpc) is 2.51. The van der Waals surface area contributed by atoms with Crippen LogP contribution in [0.15, 0.2) is 0 Å². The summed E-state index contributed by atoms with van der Waals surface area (Å²) >= 11 is 1.07. The molecular formula is C6H11O4PS. The van der Waals surface area contributed by atoms with Crippen molar-refractivity contribution in [1.82, 2.24) is 0 Å². The van der Waals surface area contributed by atoms with Crippen molar-refractivity contribution < 1.29 is 18.4 Å². The van der Waals surface area contributed by atoms with Crippen LogP contribution in [-0.4, -0.2) is 24.3 Å². The first-order valence-corrected chi connectivity index (χ1v) is 6.02. The molecule has 1 unspecified atom stereocenters. The first-order valence-electron chi connectivity index (χ1n) is 3.53. The highest BCUT2D eigenvalue weighted by Crippen LogP contribution is 2.59. The van der Waals surface area contributed by atoms with E-state index >= 15 is 0 Å². The minimum Gasteiger partial charge on any atom is -0.311 e. The van der Waals surface area contributed by atoms with Crippen LogP contribution in [0, 0.1) is 0 Å². The van der Waals surface area contributed by atoms with Crippen LogP contribution in [0.4, 0.5) is 0 Å². The smallest absolute Gasteiger partial charge is 0.311 e. The number of carbonyl (C=O) groups is 1. The molecular weight excluding hydrogens is 199 g/mol. The quantitative estimate of drug-likeness (QED) is 0.665. The molecule has 0 bridgehead atoms. The number of thioether (sulfide) groups is 1. The van der Waals surface area contributed by atoms with Gasteiger partial charge in [-0.05, 0) is 6.42 Å². The van der Waals surface area contributed by atoms with Crippen molar-refractivity contribution in [3.8, 4) is 0 Å². The van der Waals surface area contributed by atoms with Crippen molar-refractivity contribution in [1.29, 1.82) is 0 Å². The summed E-state index contributed by atoms with van der Waals surface area (Å²) in [6.07, 6.45) is 1.05. The summed E-state index contributed by atoms with van der Waals surface area (Å²) in [6.45, 7) is 0. The van der Waals surface area contributed by atoms with Crippen molar-refractivity contribution in [2.75, 3.05) is 14.2 Å². The Morgan fingerprint density at radius 3 is 2.42 bits per heavy atom. The maximum absolute atomic E-state index is 11.7. The van der Waals surface area contributed by atoms with Gasteiger partial charge in [-0.15, -0.1) is 0 Å². The highest BCUT2D eigenvalue weighted by molar-refractivity contribution is 8.18. The molecule has 0 aromatic heterocycles. The lowest BCUT2D eigenvalue weighted by atomic mass is 10.4. The Bertz CT molecular complexity index is 222. The second kappa shape index (κ2) is 3.92. The van der Waals surface area contributed by atoms with Crippen LogP contribution in [0.1, 0.15) is 12.8 Å². The molecule has 0 saturated carbocycles. The van der Waals surface area contributed by atoms with E-state index in [-0.39, 0.29) is 10.1 Å². The Morgan fingerprint density at radius 1 is 1.50 bits per heavy atom. The van der Waals surface area contributed by atoms with Crippen molar-refractivity contribution in [3.05, 3.63) is 0 Å². The van der Waals surface area contributed by atoms with E-state index < -0.39 is 7.60 Å². The van der Waals surface area contributed by atoms with Crippen LogP contribution < -0.4 is 0 Å². The lowest BCUT2D eigenvalue weighted by Gasteiger charge is -2.17. The molecule has 1 aliphatic heterocycles. The molecule has 0 N–H and O–H groups in total. The zero-order valence-electron chi connectivity index (χ0n) is 6.98.